The predicted octanol–water partition coefficient (Wildman–Crippen LogP) is 6.74. The molecule has 0 aliphatic carbocycles. The summed E-state index contributed by atoms with van der Waals surface area (Å²) in [5, 5.41) is 0. The first kappa shape index (κ1) is 16.4. The van der Waals surface area contributed by atoms with Crippen LogP contribution in [0.2, 0.25) is 0 Å². The third kappa shape index (κ3) is 2.99. The molecule has 0 aliphatic rings. The molecule has 23 heavy (non-hydrogen) atoms. The Hall–Kier alpha value is -1.47. The first-order valence-corrected chi connectivity index (χ1v) is 11.0. The average Bonchev–Trinajstić information content (AvgIpc) is 2.55. The fourth-order valence-corrected chi connectivity index (χ4v) is 7.87. The number of hydrogen-bond acceptors (Lipinski definition) is 0. The van der Waals surface area contributed by atoms with Gasteiger partial charge in [-0.2, -0.15) is 0 Å². The summed E-state index contributed by atoms with van der Waals surface area (Å²) in [6.07, 6.45) is 0. The van der Waals surface area contributed by atoms with E-state index >= 15 is 0 Å². The highest BCUT2D eigenvalue weighted by molar-refractivity contribution is 14.2. The van der Waals surface area contributed by atoms with Gasteiger partial charge >= 0.3 is 0 Å². The molecular formula is C18H12F3IS. The van der Waals surface area contributed by atoms with Gasteiger partial charge in [0.15, 0.2) is 0 Å². The van der Waals surface area contributed by atoms with Crippen LogP contribution in [0.15, 0.2) is 87.5 Å². The summed E-state index contributed by atoms with van der Waals surface area (Å²) >= 11 is 2.12. The maximum absolute atomic E-state index is 14.5. The van der Waals surface area contributed by atoms with E-state index in [1.165, 1.54) is 0 Å². The Bertz CT molecular complexity index is 760. The van der Waals surface area contributed by atoms with Crippen LogP contribution in [0.25, 0.3) is 0 Å². The van der Waals surface area contributed by atoms with Gasteiger partial charge in [0.1, 0.15) is 17.5 Å². The summed E-state index contributed by atoms with van der Waals surface area (Å²) in [5.41, 5.74) is 0. The molecule has 3 rings (SSSR count). The molecular weight excluding hydrogens is 432 g/mol. The molecule has 0 heterocycles. The molecule has 5 heteroatoms. The lowest BCUT2D eigenvalue weighted by Crippen LogP contribution is -2.03. The van der Waals surface area contributed by atoms with Crippen molar-refractivity contribution < 1.29 is 13.2 Å². The molecule has 0 bridgehead atoms. The summed E-state index contributed by atoms with van der Waals surface area (Å²) in [6.45, 7) is 0. The minimum absolute atomic E-state index is 0.0862. The topological polar surface area (TPSA) is 0 Å². The quantitative estimate of drug-likeness (QED) is 0.393. The second-order valence-electron chi connectivity index (χ2n) is 4.86. The molecule has 3 aromatic carbocycles. The van der Waals surface area contributed by atoms with Gasteiger partial charge < -0.3 is 0 Å². The van der Waals surface area contributed by atoms with Crippen molar-refractivity contribution >= 4 is 28.4 Å². The second kappa shape index (κ2) is 6.57. The van der Waals surface area contributed by atoms with E-state index in [1.807, 2.05) is 60.7 Å². The Morgan fingerprint density at radius 3 is 1.43 bits per heavy atom. The van der Waals surface area contributed by atoms with Crippen LogP contribution in [0.4, 0.5) is 13.2 Å². The molecule has 0 saturated heterocycles. The Labute approximate surface area is 146 Å². The van der Waals surface area contributed by atoms with E-state index in [1.54, 1.807) is 0 Å². The normalized spacial score (nSPS) is 12.2. The van der Waals surface area contributed by atoms with Gasteiger partial charge in [-0.25, -0.2) is 13.2 Å². The Morgan fingerprint density at radius 1 is 0.652 bits per heavy atom. The first-order chi connectivity index (χ1) is 11.0. The first-order valence-electron chi connectivity index (χ1n) is 6.81. The minimum atomic E-state index is -2.20. The van der Waals surface area contributed by atoms with Crippen molar-refractivity contribution in [1.29, 1.82) is 0 Å². The third-order valence-electron chi connectivity index (χ3n) is 3.38. The molecule has 3 aromatic rings. The van der Waals surface area contributed by atoms with Crippen LogP contribution in [-0.4, -0.2) is 0 Å². The molecule has 0 radical (unpaired) electrons. The van der Waals surface area contributed by atoms with Crippen LogP contribution in [-0.2, 0) is 0 Å². The lowest BCUT2D eigenvalue weighted by molar-refractivity contribution is 0.509. The smallest absolute Gasteiger partial charge is 0.142 e. The van der Waals surface area contributed by atoms with E-state index in [4.69, 9.17) is 0 Å². The molecule has 0 unspecified atom stereocenters. The van der Waals surface area contributed by atoms with Crippen molar-refractivity contribution in [2.24, 2.45) is 0 Å². The Morgan fingerprint density at radius 2 is 1.04 bits per heavy atom. The molecule has 0 atom stereocenters. The van der Waals surface area contributed by atoms with Crippen LogP contribution in [0.5, 0.6) is 0 Å². The predicted molar refractivity (Wildman–Crippen MR) is 95.6 cm³/mol. The van der Waals surface area contributed by atoms with E-state index in [9.17, 15) is 13.2 Å². The zero-order valence-electron chi connectivity index (χ0n) is 11.8. The zero-order valence-corrected chi connectivity index (χ0v) is 14.8. The van der Waals surface area contributed by atoms with Crippen molar-refractivity contribution in [3.8, 4) is 0 Å². The SMILES string of the molecule is Fc1cc(F)c(S(I)(c2ccccc2)c2ccccc2)c(F)c1. The summed E-state index contributed by atoms with van der Waals surface area (Å²) in [7, 11) is -2.20. The van der Waals surface area contributed by atoms with Gasteiger partial charge in [0.2, 0.25) is 0 Å². The summed E-state index contributed by atoms with van der Waals surface area (Å²) in [4.78, 5) is 1.52. The molecule has 0 saturated carbocycles. The number of halogens is 4. The average molecular weight is 444 g/mol. The van der Waals surface area contributed by atoms with Crippen molar-refractivity contribution in [2.75, 3.05) is 0 Å². The van der Waals surface area contributed by atoms with Crippen LogP contribution < -0.4 is 0 Å². The fraction of sp³-hybridized carbons (Fsp3) is 0. The summed E-state index contributed by atoms with van der Waals surface area (Å²) < 4.78 is 42.4. The van der Waals surface area contributed by atoms with Gasteiger partial charge in [0.05, 0.1) is 4.90 Å². The van der Waals surface area contributed by atoms with E-state index in [-0.39, 0.29) is 4.90 Å². The monoisotopic (exact) mass is 444 g/mol. The van der Waals surface area contributed by atoms with Crippen molar-refractivity contribution in [1.82, 2.24) is 0 Å². The molecule has 0 N–H and O–H groups in total. The van der Waals surface area contributed by atoms with Gasteiger partial charge in [0.25, 0.3) is 0 Å². The van der Waals surface area contributed by atoms with Crippen molar-refractivity contribution in [3.63, 3.8) is 0 Å². The Balaban J connectivity index is 2.35. The van der Waals surface area contributed by atoms with Gasteiger partial charge in [0, 0.05) is 21.9 Å². The lowest BCUT2D eigenvalue weighted by atomic mass is 10.3. The molecule has 0 aliphatic heterocycles. The third-order valence-corrected chi connectivity index (χ3v) is 10.5. The van der Waals surface area contributed by atoms with E-state index in [0.717, 1.165) is 21.9 Å². The highest BCUT2D eigenvalue weighted by Gasteiger charge is 2.34. The highest BCUT2D eigenvalue weighted by Crippen LogP contribution is 2.75. The molecule has 0 fully saturated rings. The maximum atomic E-state index is 14.5. The van der Waals surface area contributed by atoms with Gasteiger partial charge in [-0.05, 0) is 45.5 Å². The van der Waals surface area contributed by atoms with E-state index in [0.29, 0.717) is 0 Å². The van der Waals surface area contributed by atoms with Gasteiger partial charge in [-0.15, -0.1) is 0 Å². The fourth-order valence-electron chi connectivity index (χ4n) is 2.39. The zero-order chi connectivity index (χ0) is 16.4. The van der Waals surface area contributed by atoms with Crippen LogP contribution >= 0.6 is 28.4 Å². The van der Waals surface area contributed by atoms with Crippen molar-refractivity contribution in [2.45, 2.75) is 14.7 Å². The molecule has 118 valence electrons. The molecule has 0 nitrogen and oxygen atoms in total. The standard InChI is InChI=1S/C18H12F3IS/c19-13-11-16(20)18(17(21)12-13)23(22,14-7-3-1-4-8-14)15-9-5-2-6-10-15/h1-12H. The number of hydrogen-bond donors (Lipinski definition) is 0. The minimum Gasteiger partial charge on any atom is -0.207 e. The van der Waals surface area contributed by atoms with Crippen LogP contribution in [0.3, 0.4) is 0 Å². The highest BCUT2D eigenvalue weighted by atomic mass is 127. The summed E-state index contributed by atoms with van der Waals surface area (Å²) in [6, 6.07) is 19.9. The van der Waals surface area contributed by atoms with Crippen LogP contribution in [0.1, 0.15) is 0 Å². The molecule has 0 amide bonds. The molecule has 0 spiro atoms. The summed E-state index contributed by atoms with van der Waals surface area (Å²) in [5.74, 6) is -2.64. The van der Waals surface area contributed by atoms with Gasteiger partial charge in [-0.1, -0.05) is 43.6 Å². The van der Waals surface area contributed by atoms with E-state index < -0.39 is 24.7 Å². The largest absolute Gasteiger partial charge is 0.207 e. The van der Waals surface area contributed by atoms with E-state index in [2.05, 4.69) is 21.2 Å². The molecule has 0 aromatic heterocycles. The lowest BCUT2D eigenvalue weighted by Gasteiger charge is -2.35. The maximum Gasteiger partial charge on any atom is 0.142 e. The Kier molecular flexibility index (Phi) is 4.68. The van der Waals surface area contributed by atoms with Gasteiger partial charge in [-0.3, -0.25) is 0 Å². The number of benzene rings is 3. The van der Waals surface area contributed by atoms with Crippen molar-refractivity contribution in [3.05, 3.63) is 90.2 Å². The number of rotatable bonds is 3. The van der Waals surface area contributed by atoms with Crippen LogP contribution in [0, 0.1) is 17.5 Å². The second-order valence-corrected chi connectivity index (χ2v) is 11.3.